The van der Waals surface area contributed by atoms with Crippen LogP contribution in [0.15, 0.2) is 0 Å². The Morgan fingerprint density at radius 2 is 2.00 bits per heavy atom. The zero-order chi connectivity index (χ0) is 5.91. The van der Waals surface area contributed by atoms with Crippen LogP contribution in [0.4, 0.5) is 0 Å². The summed E-state index contributed by atoms with van der Waals surface area (Å²) in [6.45, 7) is 8.09. The molecule has 2 radical (unpaired) electrons. The maximum atomic E-state index is 4.76. The average Bonchev–Trinajstić information content (AvgIpc) is 1.30. The van der Waals surface area contributed by atoms with Crippen molar-refractivity contribution in [3.8, 4) is 0 Å². The second-order valence-electron chi connectivity index (χ2n) is 2.62. The van der Waals surface area contributed by atoms with Crippen molar-refractivity contribution in [2.24, 2.45) is 5.41 Å². The predicted molar refractivity (Wildman–Crippen MR) is 36.2 cm³/mol. The van der Waals surface area contributed by atoms with E-state index in [-0.39, 0.29) is 5.41 Å². The maximum Gasteiger partial charge on any atom is 0.00420 e. The molecule has 0 nitrogen and oxygen atoms in total. The van der Waals surface area contributed by atoms with Crippen LogP contribution >= 0.6 is 12.6 Å². The zero-order valence-electron chi connectivity index (χ0n) is 5.03. The number of hydrogen-bond donors (Lipinski definition) is 0. The minimum atomic E-state index is 0.196. The molecule has 0 aliphatic rings. The Kier molecular flexibility index (Phi) is 2.74. The first-order valence-electron chi connectivity index (χ1n) is 2.50. The quantitative estimate of drug-likeness (QED) is 0.520. The molecule has 0 atom stereocenters. The highest BCUT2D eigenvalue weighted by Crippen LogP contribution is 2.17. The first-order chi connectivity index (χ1) is 3.06. The van der Waals surface area contributed by atoms with E-state index in [1.807, 2.05) is 0 Å². The van der Waals surface area contributed by atoms with E-state index in [2.05, 4.69) is 20.8 Å². The molecular formula is C6H12S. The Balaban J connectivity index is 3.15. The van der Waals surface area contributed by atoms with Crippen molar-refractivity contribution >= 4 is 12.6 Å². The van der Waals surface area contributed by atoms with Crippen molar-refractivity contribution in [3.05, 3.63) is 6.92 Å². The molecule has 0 spiro atoms. The highest BCUT2D eigenvalue weighted by Gasteiger charge is 2.06. The van der Waals surface area contributed by atoms with Crippen molar-refractivity contribution in [1.29, 1.82) is 0 Å². The molecule has 0 N–H and O–H groups in total. The predicted octanol–water partition coefficient (Wildman–Crippen LogP) is 2.43. The Morgan fingerprint density at radius 1 is 1.57 bits per heavy atom. The van der Waals surface area contributed by atoms with Crippen LogP contribution in [0.2, 0.25) is 0 Å². The van der Waals surface area contributed by atoms with Crippen LogP contribution in [-0.4, -0.2) is 5.75 Å². The highest BCUT2D eigenvalue weighted by molar-refractivity contribution is 7.80. The van der Waals surface area contributed by atoms with Crippen molar-refractivity contribution in [3.63, 3.8) is 0 Å². The molecule has 0 unspecified atom stereocenters. The first kappa shape index (κ1) is 7.35. The van der Waals surface area contributed by atoms with Gasteiger partial charge in [0.05, 0.1) is 0 Å². The van der Waals surface area contributed by atoms with Crippen molar-refractivity contribution in [1.82, 2.24) is 0 Å². The molecule has 0 bridgehead atoms. The SMILES string of the molecule is [CH2]C(C)(C)CC[S]. The summed E-state index contributed by atoms with van der Waals surface area (Å²) in [7, 11) is 0. The summed E-state index contributed by atoms with van der Waals surface area (Å²) in [4.78, 5) is 0. The zero-order valence-corrected chi connectivity index (χ0v) is 5.85. The smallest absolute Gasteiger partial charge is 0.00420 e. The summed E-state index contributed by atoms with van der Waals surface area (Å²) in [6.07, 6.45) is 1.04. The molecule has 0 amide bonds. The minimum absolute atomic E-state index is 0.196. The van der Waals surface area contributed by atoms with E-state index < -0.39 is 0 Å². The van der Waals surface area contributed by atoms with E-state index in [0.717, 1.165) is 12.2 Å². The van der Waals surface area contributed by atoms with Gasteiger partial charge in [0, 0.05) is 5.75 Å². The third-order valence-corrected chi connectivity index (χ3v) is 0.983. The van der Waals surface area contributed by atoms with Crippen LogP contribution < -0.4 is 0 Å². The maximum absolute atomic E-state index is 4.76. The molecule has 0 aliphatic heterocycles. The fourth-order valence-electron chi connectivity index (χ4n) is 0.276. The summed E-state index contributed by atoms with van der Waals surface area (Å²) in [5, 5.41) is 0. The molecular weight excluding hydrogens is 104 g/mol. The molecule has 0 aromatic heterocycles. The summed E-state index contributed by atoms with van der Waals surface area (Å²) >= 11 is 4.76. The lowest BCUT2D eigenvalue weighted by Gasteiger charge is -2.14. The third-order valence-electron chi connectivity index (χ3n) is 0.779. The van der Waals surface area contributed by atoms with Gasteiger partial charge in [-0.15, -0.1) is 0 Å². The van der Waals surface area contributed by atoms with Crippen LogP contribution in [0.1, 0.15) is 20.3 Å². The lowest BCUT2D eigenvalue weighted by molar-refractivity contribution is 0.462. The molecule has 0 aromatic carbocycles. The average molecular weight is 116 g/mol. The lowest BCUT2D eigenvalue weighted by Crippen LogP contribution is -2.04. The van der Waals surface area contributed by atoms with E-state index in [4.69, 9.17) is 12.6 Å². The van der Waals surface area contributed by atoms with E-state index in [1.165, 1.54) is 0 Å². The van der Waals surface area contributed by atoms with Gasteiger partial charge in [-0.05, 0) is 18.8 Å². The molecule has 0 aliphatic carbocycles. The van der Waals surface area contributed by atoms with Gasteiger partial charge in [-0.1, -0.05) is 26.5 Å². The van der Waals surface area contributed by atoms with Crippen LogP contribution in [0, 0.1) is 12.3 Å². The van der Waals surface area contributed by atoms with Gasteiger partial charge >= 0.3 is 0 Å². The minimum Gasteiger partial charge on any atom is -0.0941 e. The van der Waals surface area contributed by atoms with E-state index in [1.54, 1.807) is 0 Å². The topological polar surface area (TPSA) is 0 Å². The van der Waals surface area contributed by atoms with Crippen LogP contribution in [0.25, 0.3) is 0 Å². The molecule has 0 saturated heterocycles. The number of hydrogen-bond acceptors (Lipinski definition) is 0. The monoisotopic (exact) mass is 116 g/mol. The summed E-state index contributed by atoms with van der Waals surface area (Å²) in [5.74, 6) is 0.830. The molecule has 0 heterocycles. The summed E-state index contributed by atoms with van der Waals surface area (Å²) in [5.41, 5.74) is 0.196. The second kappa shape index (κ2) is 2.61. The molecule has 0 saturated carbocycles. The van der Waals surface area contributed by atoms with Gasteiger partial charge in [0.15, 0.2) is 0 Å². The Labute approximate surface area is 51.7 Å². The van der Waals surface area contributed by atoms with Gasteiger partial charge in [0.25, 0.3) is 0 Å². The van der Waals surface area contributed by atoms with Crippen molar-refractivity contribution in [2.45, 2.75) is 20.3 Å². The van der Waals surface area contributed by atoms with Gasteiger partial charge < -0.3 is 0 Å². The lowest BCUT2D eigenvalue weighted by atomic mass is 9.94. The van der Waals surface area contributed by atoms with E-state index >= 15 is 0 Å². The third kappa shape index (κ3) is 6.35. The highest BCUT2D eigenvalue weighted by atomic mass is 32.1. The van der Waals surface area contributed by atoms with Crippen molar-refractivity contribution < 1.29 is 0 Å². The van der Waals surface area contributed by atoms with Gasteiger partial charge in [-0.3, -0.25) is 0 Å². The van der Waals surface area contributed by atoms with Crippen LogP contribution in [0.5, 0.6) is 0 Å². The Hall–Kier alpha value is 0.350. The molecule has 7 heavy (non-hydrogen) atoms. The normalized spacial score (nSPS) is 12.0. The van der Waals surface area contributed by atoms with Crippen LogP contribution in [0.3, 0.4) is 0 Å². The summed E-state index contributed by atoms with van der Waals surface area (Å²) in [6, 6.07) is 0. The van der Waals surface area contributed by atoms with Crippen molar-refractivity contribution in [2.75, 3.05) is 5.75 Å². The fraction of sp³-hybridized carbons (Fsp3) is 0.833. The Bertz CT molecular complexity index is 42.6. The molecule has 0 aromatic rings. The summed E-state index contributed by atoms with van der Waals surface area (Å²) < 4.78 is 0. The standard InChI is InChI=1S/C6H12S/c1-6(2,3)4-5-7/h1,4-5H2,2-3H3. The second-order valence-corrected chi connectivity index (χ2v) is 3.03. The van der Waals surface area contributed by atoms with Gasteiger partial charge in [0.1, 0.15) is 0 Å². The fourth-order valence-corrected chi connectivity index (χ4v) is 0.829. The molecule has 0 fully saturated rings. The van der Waals surface area contributed by atoms with Gasteiger partial charge in [-0.2, -0.15) is 0 Å². The first-order valence-corrected chi connectivity index (χ1v) is 3.07. The largest absolute Gasteiger partial charge is 0.0941 e. The Morgan fingerprint density at radius 3 is 2.00 bits per heavy atom. The molecule has 1 heteroatoms. The van der Waals surface area contributed by atoms with Crippen LogP contribution in [-0.2, 0) is 0 Å². The van der Waals surface area contributed by atoms with E-state index in [9.17, 15) is 0 Å². The van der Waals surface area contributed by atoms with E-state index in [0.29, 0.717) is 0 Å². The van der Waals surface area contributed by atoms with Gasteiger partial charge in [-0.25, -0.2) is 0 Å². The molecule has 42 valence electrons. The van der Waals surface area contributed by atoms with Gasteiger partial charge in [0.2, 0.25) is 0 Å². The molecule has 0 rings (SSSR count). The number of rotatable bonds is 2.